The zero-order valence-electron chi connectivity index (χ0n) is 11.3. The molecule has 2 heterocycles. The normalized spacial score (nSPS) is 27.0. The highest BCUT2D eigenvalue weighted by Crippen LogP contribution is 2.22. The molecule has 3 nitrogen and oxygen atoms in total. The molecule has 0 radical (unpaired) electrons. The van der Waals surface area contributed by atoms with Crippen molar-refractivity contribution < 1.29 is 13.2 Å². The molecule has 2 rings (SSSR count). The third-order valence-corrected chi connectivity index (χ3v) is 4.10. The highest BCUT2D eigenvalue weighted by Gasteiger charge is 2.34. The monoisotopic (exact) mass is 279 g/mol. The summed E-state index contributed by atoms with van der Waals surface area (Å²) >= 11 is 0. The number of piperidine rings is 1. The fraction of sp³-hybridized carbons (Fsp3) is 1.00. The third-order valence-electron chi connectivity index (χ3n) is 4.10. The maximum absolute atomic E-state index is 12.3. The van der Waals surface area contributed by atoms with Gasteiger partial charge in [0.2, 0.25) is 0 Å². The van der Waals surface area contributed by atoms with Crippen LogP contribution in [0.4, 0.5) is 13.2 Å². The lowest BCUT2D eigenvalue weighted by molar-refractivity contribution is -0.143. The van der Waals surface area contributed by atoms with Gasteiger partial charge in [-0.25, -0.2) is 0 Å². The minimum atomic E-state index is -4.06. The Labute approximate surface area is 112 Å². The molecule has 0 amide bonds. The van der Waals surface area contributed by atoms with Crippen molar-refractivity contribution in [3.63, 3.8) is 0 Å². The molecular formula is C13H24F3N3. The van der Waals surface area contributed by atoms with Crippen molar-refractivity contribution in [2.45, 2.75) is 25.4 Å². The molecule has 1 unspecified atom stereocenters. The Kier molecular flexibility index (Phi) is 5.47. The summed E-state index contributed by atoms with van der Waals surface area (Å²) in [4.78, 5) is 1.52. The molecule has 2 fully saturated rings. The number of rotatable bonds is 5. The number of nitrogens with zero attached hydrogens (tertiary/aromatic N) is 1. The predicted octanol–water partition coefficient (Wildman–Crippen LogP) is 1.46. The standard InChI is InChI=1S/C13H24F3N3/c14-13(15,16)10-19-6-3-12(9-19)8-18-7-11-1-4-17-5-2-11/h11-12,17-18H,1-10H2. The molecule has 0 aromatic rings. The molecule has 0 aromatic heterocycles. The van der Waals surface area contributed by atoms with E-state index in [0.717, 1.165) is 38.5 Å². The van der Waals surface area contributed by atoms with Crippen LogP contribution in [0, 0.1) is 11.8 Å². The Morgan fingerprint density at radius 3 is 2.42 bits per heavy atom. The maximum atomic E-state index is 12.3. The lowest BCUT2D eigenvalue weighted by atomic mass is 9.98. The summed E-state index contributed by atoms with van der Waals surface area (Å²) in [5, 5.41) is 6.78. The molecule has 0 bridgehead atoms. The second-order valence-corrected chi connectivity index (χ2v) is 5.86. The van der Waals surface area contributed by atoms with Gasteiger partial charge in [-0.15, -0.1) is 0 Å². The highest BCUT2D eigenvalue weighted by molar-refractivity contribution is 4.79. The average molecular weight is 279 g/mol. The van der Waals surface area contributed by atoms with Gasteiger partial charge in [-0.3, -0.25) is 4.90 Å². The number of likely N-dealkylation sites (tertiary alicyclic amines) is 1. The smallest absolute Gasteiger partial charge is 0.317 e. The van der Waals surface area contributed by atoms with Crippen LogP contribution in [0.5, 0.6) is 0 Å². The molecule has 6 heteroatoms. The number of hydrogen-bond acceptors (Lipinski definition) is 3. The maximum Gasteiger partial charge on any atom is 0.401 e. The quantitative estimate of drug-likeness (QED) is 0.798. The van der Waals surface area contributed by atoms with Gasteiger partial charge < -0.3 is 10.6 Å². The summed E-state index contributed by atoms with van der Waals surface area (Å²) in [6.07, 6.45) is -0.761. The van der Waals surface area contributed by atoms with Crippen LogP contribution < -0.4 is 10.6 Å². The van der Waals surface area contributed by atoms with Crippen LogP contribution in [0.1, 0.15) is 19.3 Å². The van der Waals surface area contributed by atoms with Crippen LogP contribution in [-0.2, 0) is 0 Å². The van der Waals surface area contributed by atoms with Gasteiger partial charge in [0.25, 0.3) is 0 Å². The molecule has 0 aromatic carbocycles. The molecule has 1 atom stereocenters. The van der Waals surface area contributed by atoms with E-state index in [4.69, 9.17) is 0 Å². The summed E-state index contributed by atoms with van der Waals surface area (Å²) in [5.74, 6) is 1.11. The largest absolute Gasteiger partial charge is 0.401 e. The predicted molar refractivity (Wildman–Crippen MR) is 69.1 cm³/mol. The van der Waals surface area contributed by atoms with Crippen LogP contribution in [0.15, 0.2) is 0 Å². The molecule has 19 heavy (non-hydrogen) atoms. The van der Waals surface area contributed by atoms with Gasteiger partial charge in [-0.1, -0.05) is 0 Å². The zero-order chi connectivity index (χ0) is 13.7. The van der Waals surface area contributed by atoms with Crippen molar-refractivity contribution in [3.05, 3.63) is 0 Å². The van der Waals surface area contributed by atoms with Gasteiger partial charge in [0.15, 0.2) is 0 Å². The van der Waals surface area contributed by atoms with Crippen molar-refractivity contribution in [3.8, 4) is 0 Å². The van der Waals surface area contributed by atoms with Crippen LogP contribution in [-0.4, -0.2) is 56.9 Å². The summed E-state index contributed by atoms with van der Waals surface area (Å²) in [7, 11) is 0. The molecule has 2 N–H and O–H groups in total. The van der Waals surface area contributed by atoms with E-state index in [-0.39, 0.29) is 0 Å². The SMILES string of the molecule is FC(F)(F)CN1CCC(CNCC2CCNCC2)C1. The molecule has 0 saturated carbocycles. The van der Waals surface area contributed by atoms with Crippen molar-refractivity contribution >= 4 is 0 Å². The fourth-order valence-corrected chi connectivity index (χ4v) is 3.05. The van der Waals surface area contributed by atoms with E-state index in [1.807, 2.05) is 0 Å². The first kappa shape index (κ1) is 15.1. The highest BCUT2D eigenvalue weighted by atomic mass is 19.4. The number of alkyl halides is 3. The van der Waals surface area contributed by atoms with E-state index in [1.165, 1.54) is 17.7 Å². The molecule has 112 valence electrons. The van der Waals surface area contributed by atoms with E-state index < -0.39 is 12.7 Å². The van der Waals surface area contributed by atoms with E-state index in [2.05, 4.69) is 10.6 Å². The van der Waals surface area contributed by atoms with Crippen LogP contribution in [0.25, 0.3) is 0 Å². The summed E-state index contributed by atoms with van der Waals surface area (Å²) in [5.41, 5.74) is 0. The van der Waals surface area contributed by atoms with Gasteiger partial charge in [0.05, 0.1) is 6.54 Å². The van der Waals surface area contributed by atoms with Crippen molar-refractivity contribution in [2.24, 2.45) is 11.8 Å². The molecule has 0 aliphatic carbocycles. The van der Waals surface area contributed by atoms with Gasteiger partial charge >= 0.3 is 6.18 Å². The van der Waals surface area contributed by atoms with Gasteiger partial charge in [0, 0.05) is 6.54 Å². The van der Waals surface area contributed by atoms with Crippen LogP contribution >= 0.6 is 0 Å². The molecule has 2 aliphatic heterocycles. The minimum Gasteiger partial charge on any atom is -0.317 e. The van der Waals surface area contributed by atoms with E-state index in [9.17, 15) is 13.2 Å². The Bertz CT molecular complexity index is 264. The van der Waals surface area contributed by atoms with Gasteiger partial charge in [-0.05, 0) is 63.8 Å². The molecule has 2 aliphatic rings. The Morgan fingerprint density at radius 1 is 1.05 bits per heavy atom. The summed E-state index contributed by atoms with van der Waals surface area (Å²) in [6.45, 7) is 4.47. The molecule has 0 spiro atoms. The van der Waals surface area contributed by atoms with Gasteiger partial charge in [-0.2, -0.15) is 13.2 Å². The van der Waals surface area contributed by atoms with Crippen LogP contribution in [0.3, 0.4) is 0 Å². The molecule has 2 saturated heterocycles. The molecular weight excluding hydrogens is 255 g/mol. The number of hydrogen-bond donors (Lipinski definition) is 2. The summed E-state index contributed by atoms with van der Waals surface area (Å²) < 4.78 is 36.8. The third kappa shape index (κ3) is 5.67. The first-order valence-electron chi connectivity index (χ1n) is 7.23. The van der Waals surface area contributed by atoms with E-state index in [0.29, 0.717) is 19.0 Å². The lowest BCUT2D eigenvalue weighted by Gasteiger charge is -2.23. The second-order valence-electron chi connectivity index (χ2n) is 5.86. The second kappa shape index (κ2) is 6.90. The van der Waals surface area contributed by atoms with Gasteiger partial charge in [0.1, 0.15) is 0 Å². The number of halogens is 3. The number of nitrogens with one attached hydrogen (secondary N) is 2. The Balaban J connectivity index is 1.57. The Morgan fingerprint density at radius 2 is 1.74 bits per heavy atom. The first-order chi connectivity index (χ1) is 9.03. The van der Waals surface area contributed by atoms with Crippen molar-refractivity contribution in [1.82, 2.24) is 15.5 Å². The average Bonchev–Trinajstić information content (AvgIpc) is 2.76. The lowest BCUT2D eigenvalue weighted by Crippen LogP contribution is -2.36. The van der Waals surface area contributed by atoms with E-state index >= 15 is 0 Å². The van der Waals surface area contributed by atoms with Crippen molar-refractivity contribution in [2.75, 3.05) is 45.8 Å². The first-order valence-corrected chi connectivity index (χ1v) is 7.23. The van der Waals surface area contributed by atoms with E-state index in [1.54, 1.807) is 0 Å². The Hall–Kier alpha value is -0.330. The minimum absolute atomic E-state index is 0.379. The fourth-order valence-electron chi connectivity index (χ4n) is 3.05. The van der Waals surface area contributed by atoms with Crippen LogP contribution in [0.2, 0.25) is 0 Å². The zero-order valence-corrected chi connectivity index (χ0v) is 11.3. The van der Waals surface area contributed by atoms with Crippen molar-refractivity contribution in [1.29, 1.82) is 0 Å². The topological polar surface area (TPSA) is 27.3 Å². The summed E-state index contributed by atoms with van der Waals surface area (Å²) in [6, 6.07) is 0.